The van der Waals surface area contributed by atoms with Crippen LogP contribution in [0.2, 0.25) is 0 Å². The van der Waals surface area contributed by atoms with Crippen LogP contribution in [0.1, 0.15) is 6.92 Å². The fourth-order valence-electron chi connectivity index (χ4n) is 1.01. The van der Waals surface area contributed by atoms with Crippen LogP contribution in [0.4, 0.5) is 5.82 Å². The van der Waals surface area contributed by atoms with E-state index in [2.05, 4.69) is 25.4 Å². The van der Waals surface area contributed by atoms with Crippen LogP contribution in [0.3, 0.4) is 0 Å². The van der Waals surface area contributed by atoms with Crippen molar-refractivity contribution in [3.05, 3.63) is 22.6 Å². The number of rotatable bonds is 2. The number of azide groups is 1. The van der Waals surface area contributed by atoms with E-state index in [0.717, 1.165) is 0 Å². The van der Waals surface area contributed by atoms with Gasteiger partial charge in [-0.2, -0.15) is 0 Å². The largest absolute Gasteiger partial charge is 0.348 e. The lowest BCUT2D eigenvalue weighted by Gasteiger charge is -1.82. The monoisotopic (exact) mass is 191 g/mol. The minimum atomic E-state index is 0.271. The Bertz CT molecular complexity index is 508. The summed E-state index contributed by atoms with van der Waals surface area (Å²) in [4.78, 5) is 4.14. The van der Waals surface area contributed by atoms with E-state index in [1.54, 1.807) is 12.1 Å². The average Bonchev–Trinajstić information content (AvgIpc) is 2.60. The number of fused-ring (bicyclic) bond motifs is 1. The quantitative estimate of drug-likeness (QED) is 0.297. The molecule has 0 atom stereocenters. The van der Waals surface area contributed by atoms with Gasteiger partial charge in [-0.05, 0) is 33.1 Å². The predicted octanol–water partition coefficient (Wildman–Crippen LogP) is 0.373. The van der Waals surface area contributed by atoms with Crippen molar-refractivity contribution < 1.29 is 4.63 Å². The topological polar surface area (TPSA) is 96.5 Å². The van der Waals surface area contributed by atoms with Crippen LogP contribution in [0.15, 0.2) is 17.2 Å². The molecule has 2 aromatic heterocycles. The predicted molar refractivity (Wildman–Crippen MR) is 45.5 cm³/mol. The minimum absolute atomic E-state index is 0.271. The minimum Gasteiger partial charge on any atom is -0.0818 e. The summed E-state index contributed by atoms with van der Waals surface area (Å²) in [5.41, 5.74) is 8.83. The Morgan fingerprint density at radius 1 is 1.64 bits per heavy atom. The molecule has 0 aliphatic carbocycles. The van der Waals surface area contributed by atoms with Crippen LogP contribution in [0.5, 0.6) is 0 Å². The number of nitrogens with zero attached hydrogens (tertiary/aromatic N) is 8. The van der Waals surface area contributed by atoms with Crippen molar-refractivity contribution in [2.45, 2.75) is 13.5 Å². The summed E-state index contributed by atoms with van der Waals surface area (Å²) in [5, 5.41) is 15.4. The first-order chi connectivity index (χ1) is 6.83. The van der Waals surface area contributed by atoms with Crippen molar-refractivity contribution in [1.82, 2.24) is 20.2 Å². The molecule has 2 rings (SSSR count). The first-order valence-electron chi connectivity index (χ1n) is 4.03. The third-order valence-corrected chi connectivity index (χ3v) is 1.62. The van der Waals surface area contributed by atoms with Gasteiger partial charge in [0.1, 0.15) is 6.54 Å². The zero-order valence-corrected chi connectivity index (χ0v) is 7.44. The molecule has 0 unspecified atom stereocenters. The van der Waals surface area contributed by atoms with Gasteiger partial charge in [0.15, 0.2) is 5.82 Å². The Morgan fingerprint density at radius 2 is 2.50 bits per heavy atom. The highest BCUT2D eigenvalue weighted by Gasteiger charge is 2.10. The molecule has 0 bridgehead atoms. The van der Waals surface area contributed by atoms with Gasteiger partial charge in [-0.1, -0.05) is 5.10 Å². The number of aryl methyl sites for hydroxylation is 1. The van der Waals surface area contributed by atoms with Crippen LogP contribution in [-0.2, 0) is 6.54 Å². The maximum Gasteiger partial charge on any atom is 0.348 e. The lowest BCUT2D eigenvalue weighted by atomic mass is 10.5. The molecule has 0 amide bonds. The maximum atomic E-state index is 8.21. The van der Waals surface area contributed by atoms with Gasteiger partial charge in [-0.3, -0.25) is 0 Å². The van der Waals surface area contributed by atoms with E-state index in [-0.39, 0.29) is 5.82 Å². The summed E-state index contributed by atoms with van der Waals surface area (Å²) in [6.07, 6.45) is 0. The first kappa shape index (κ1) is 8.39. The van der Waals surface area contributed by atoms with Gasteiger partial charge in [0.2, 0.25) is 0 Å². The third kappa shape index (κ3) is 1.34. The summed E-state index contributed by atoms with van der Waals surface area (Å²) in [6.45, 7) is 2.59. The molecule has 0 saturated carbocycles. The Labute approximate surface area is 78.4 Å². The van der Waals surface area contributed by atoms with Gasteiger partial charge < -0.3 is 0 Å². The second-order valence-electron chi connectivity index (χ2n) is 2.51. The fourth-order valence-corrected chi connectivity index (χ4v) is 1.01. The van der Waals surface area contributed by atoms with Crippen LogP contribution < -0.4 is 4.63 Å². The van der Waals surface area contributed by atoms with Crippen LogP contribution in [0, 0.1) is 0 Å². The highest BCUT2D eigenvalue weighted by Crippen LogP contribution is 2.03. The molecule has 70 valence electrons. The lowest BCUT2D eigenvalue weighted by molar-refractivity contribution is -0.646. The average molecular weight is 191 g/mol. The second-order valence-corrected chi connectivity index (χ2v) is 2.51. The van der Waals surface area contributed by atoms with E-state index < -0.39 is 0 Å². The van der Waals surface area contributed by atoms with E-state index in [9.17, 15) is 0 Å². The van der Waals surface area contributed by atoms with Crippen molar-refractivity contribution in [3.63, 3.8) is 0 Å². The molecule has 8 nitrogen and oxygen atoms in total. The van der Waals surface area contributed by atoms with Crippen molar-refractivity contribution in [1.29, 1.82) is 0 Å². The Morgan fingerprint density at radius 3 is 3.21 bits per heavy atom. The zero-order chi connectivity index (χ0) is 9.97. The maximum absolute atomic E-state index is 8.21. The molecule has 0 fully saturated rings. The SMILES string of the molecule is CCn1nc2ccc(N=[N+]=[N-])n[n+]2n1. The molecule has 0 aromatic carbocycles. The Balaban J connectivity index is 2.59. The number of hydrogen-bond acceptors (Lipinski definition) is 4. The number of aromatic nitrogens is 5. The molecule has 2 aromatic rings. The van der Waals surface area contributed by atoms with E-state index in [1.165, 1.54) is 9.43 Å². The van der Waals surface area contributed by atoms with Crippen LogP contribution in [-0.4, -0.2) is 20.2 Å². The smallest absolute Gasteiger partial charge is 0.0818 e. The molecule has 0 aliphatic rings. The van der Waals surface area contributed by atoms with Gasteiger partial charge in [0.25, 0.3) is 0 Å². The molecule has 14 heavy (non-hydrogen) atoms. The van der Waals surface area contributed by atoms with Crippen LogP contribution >= 0.6 is 0 Å². The molecule has 2 heterocycles. The molecular weight excluding hydrogens is 184 g/mol. The lowest BCUT2D eigenvalue weighted by Crippen LogP contribution is -2.29. The second kappa shape index (κ2) is 3.27. The van der Waals surface area contributed by atoms with Crippen molar-refractivity contribution >= 4 is 11.5 Å². The summed E-state index contributed by atoms with van der Waals surface area (Å²) in [5.74, 6) is 0.271. The molecule has 0 radical (unpaired) electrons. The standard InChI is InChI=1S/C6H7N8/c1-2-13-10-6-4-3-5(8-11-7)9-14(6)12-13/h3-4H,2H2,1H3/q+1. The summed E-state index contributed by atoms with van der Waals surface area (Å²) in [6, 6.07) is 3.28. The van der Waals surface area contributed by atoms with E-state index in [4.69, 9.17) is 5.53 Å². The third-order valence-electron chi connectivity index (χ3n) is 1.62. The molecule has 0 N–H and O–H groups in total. The number of hydrogen-bond donors (Lipinski definition) is 0. The normalized spacial score (nSPS) is 10.1. The molecule has 0 spiro atoms. The van der Waals surface area contributed by atoms with Crippen LogP contribution in [0.25, 0.3) is 16.1 Å². The van der Waals surface area contributed by atoms with E-state index >= 15 is 0 Å². The van der Waals surface area contributed by atoms with Gasteiger partial charge in [0.05, 0.1) is 10.3 Å². The molecular formula is C6H7N8+. The summed E-state index contributed by atoms with van der Waals surface area (Å²) >= 11 is 0. The summed E-state index contributed by atoms with van der Waals surface area (Å²) < 4.78 is 1.33. The molecule has 8 heteroatoms. The summed E-state index contributed by atoms with van der Waals surface area (Å²) in [7, 11) is 0. The number of tetrazole rings is 1. The highest BCUT2D eigenvalue weighted by molar-refractivity contribution is 5.32. The van der Waals surface area contributed by atoms with Gasteiger partial charge >= 0.3 is 5.65 Å². The van der Waals surface area contributed by atoms with Crippen molar-refractivity contribution in [2.24, 2.45) is 5.11 Å². The van der Waals surface area contributed by atoms with Crippen molar-refractivity contribution in [3.8, 4) is 0 Å². The zero-order valence-electron chi connectivity index (χ0n) is 7.44. The van der Waals surface area contributed by atoms with Gasteiger partial charge in [-0.15, -0.1) is 0 Å². The molecule has 0 aliphatic heterocycles. The Hall–Kier alpha value is -2.21. The highest BCUT2D eigenvalue weighted by atomic mass is 15.7. The first-order valence-corrected chi connectivity index (χ1v) is 4.03. The van der Waals surface area contributed by atoms with E-state index in [1.807, 2.05) is 6.92 Å². The van der Waals surface area contributed by atoms with Crippen molar-refractivity contribution in [2.75, 3.05) is 0 Å². The van der Waals surface area contributed by atoms with Gasteiger partial charge in [-0.25, -0.2) is 0 Å². The molecule has 0 saturated heterocycles. The van der Waals surface area contributed by atoms with Gasteiger partial charge in [0, 0.05) is 11.0 Å². The fraction of sp³-hybridized carbons (Fsp3) is 0.333. The Kier molecular flexibility index (Phi) is 1.96. The van der Waals surface area contributed by atoms with E-state index in [0.29, 0.717) is 12.2 Å².